The number of esters is 2. The molecule has 168 valence electrons. The summed E-state index contributed by atoms with van der Waals surface area (Å²) in [7, 11) is 0. The minimum atomic E-state index is -2.19. The highest BCUT2D eigenvalue weighted by atomic mass is 35.5. The highest BCUT2D eigenvalue weighted by Crippen LogP contribution is 2.43. The molecule has 10 heteroatoms. The summed E-state index contributed by atoms with van der Waals surface area (Å²) < 4.78 is 10.7. The van der Waals surface area contributed by atoms with Gasteiger partial charge in [0.05, 0.1) is 6.10 Å². The molecule has 0 aliphatic rings. The Bertz CT molecular complexity index is 925. The van der Waals surface area contributed by atoms with E-state index in [1.807, 2.05) is 0 Å². The number of thiazole rings is 1. The van der Waals surface area contributed by atoms with Crippen LogP contribution in [0.4, 0.5) is 0 Å². The van der Waals surface area contributed by atoms with Gasteiger partial charge in [-0.3, -0.25) is 4.79 Å². The lowest BCUT2D eigenvalue weighted by atomic mass is 9.78. The van der Waals surface area contributed by atoms with Crippen molar-refractivity contribution in [1.82, 2.24) is 4.98 Å². The summed E-state index contributed by atoms with van der Waals surface area (Å²) in [6.07, 6.45) is 1.06. The zero-order chi connectivity index (χ0) is 23.4. The molecule has 0 saturated heterocycles. The summed E-state index contributed by atoms with van der Waals surface area (Å²) in [5.74, 6) is -3.60. The summed E-state index contributed by atoms with van der Waals surface area (Å²) >= 11 is 13.5. The van der Waals surface area contributed by atoms with E-state index < -0.39 is 35.1 Å². The minimum Gasteiger partial charge on any atom is -0.461 e. The van der Waals surface area contributed by atoms with Crippen molar-refractivity contribution < 1.29 is 24.2 Å². The molecular weight excluding hydrogens is 463 g/mol. The Labute approximate surface area is 194 Å². The predicted octanol–water partition coefficient (Wildman–Crippen LogP) is 4.02. The van der Waals surface area contributed by atoms with Gasteiger partial charge in [0.1, 0.15) is 23.1 Å². The SMILES string of the molecule is C=CCOC(=O)C(C(O)c1c(Cl)cccc1Cl)C(N)(C(=O)OC(C)(C)C)c1nccs1. The Hall–Kier alpha value is -1.97. The summed E-state index contributed by atoms with van der Waals surface area (Å²) in [6, 6.07) is 4.57. The van der Waals surface area contributed by atoms with Gasteiger partial charge in [-0.05, 0) is 32.9 Å². The molecule has 1 aromatic carbocycles. The molecule has 0 saturated carbocycles. The van der Waals surface area contributed by atoms with Gasteiger partial charge in [0.15, 0.2) is 5.54 Å². The molecule has 0 spiro atoms. The Morgan fingerprint density at radius 2 is 1.94 bits per heavy atom. The smallest absolute Gasteiger partial charge is 0.334 e. The van der Waals surface area contributed by atoms with Crippen molar-refractivity contribution in [3.63, 3.8) is 0 Å². The highest BCUT2D eigenvalue weighted by molar-refractivity contribution is 7.09. The fourth-order valence-electron chi connectivity index (χ4n) is 2.89. The third-order valence-electron chi connectivity index (χ3n) is 4.22. The number of hydrogen-bond donors (Lipinski definition) is 2. The van der Waals surface area contributed by atoms with E-state index in [-0.39, 0.29) is 27.2 Å². The van der Waals surface area contributed by atoms with E-state index in [2.05, 4.69) is 11.6 Å². The predicted molar refractivity (Wildman–Crippen MR) is 120 cm³/mol. The lowest BCUT2D eigenvalue weighted by Gasteiger charge is -2.37. The molecule has 2 rings (SSSR count). The van der Waals surface area contributed by atoms with Crippen molar-refractivity contribution in [3.8, 4) is 0 Å². The van der Waals surface area contributed by atoms with Crippen LogP contribution in [-0.4, -0.2) is 34.2 Å². The first-order chi connectivity index (χ1) is 14.4. The van der Waals surface area contributed by atoms with E-state index in [4.69, 9.17) is 38.4 Å². The second-order valence-electron chi connectivity index (χ2n) is 7.68. The first-order valence-corrected chi connectivity index (χ1v) is 10.9. The van der Waals surface area contributed by atoms with Crippen molar-refractivity contribution in [1.29, 1.82) is 0 Å². The summed E-state index contributed by atoms with van der Waals surface area (Å²) in [5, 5.41) is 13.1. The second kappa shape index (κ2) is 10.1. The molecule has 3 unspecified atom stereocenters. The number of nitrogens with zero attached hydrogens (tertiary/aromatic N) is 1. The number of hydrogen-bond acceptors (Lipinski definition) is 8. The van der Waals surface area contributed by atoms with E-state index in [9.17, 15) is 14.7 Å². The number of nitrogens with two attached hydrogens (primary N) is 1. The van der Waals surface area contributed by atoms with Crippen LogP contribution in [0.25, 0.3) is 0 Å². The Kier molecular flexibility index (Phi) is 8.24. The standard InChI is InChI=1S/C21H24Cl2N2O5S/c1-5-10-29-17(27)15(16(26)14-12(22)7-6-8-13(14)23)21(24,18-25-9-11-31-18)19(28)30-20(2,3)4/h5-9,11,15-16,26H,1,10,24H2,2-4H3. The number of aliphatic hydroxyl groups is 1. The van der Waals surface area contributed by atoms with Crippen LogP contribution >= 0.6 is 34.5 Å². The fraction of sp³-hybridized carbons (Fsp3) is 0.381. The number of carbonyl (C=O) groups excluding carboxylic acids is 2. The van der Waals surface area contributed by atoms with Crippen molar-refractivity contribution >= 4 is 46.5 Å². The van der Waals surface area contributed by atoms with Gasteiger partial charge in [0, 0.05) is 27.2 Å². The number of benzene rings is 1. The van der Waals surface area contributed by atoms with Gasteiger partial charge in [0.2, 0.25) is 0 Å². The van der Waals surface area contributed by atoms with E-state index in [0.29, 0.717) is 0 Å². The Morgan fingerprint density at radius 1 is 1.32 bits per heavy atom. The number of ether oxygens (including phenoxy) is 2. The third-order valence-corrected chi connectivity index (χ3v) is 5.81. The van der Waals surface area contributed by atoms with Crippen LogP contribution in [0.3, 0.4) is 0 Å². The first kappa shape index (κ1) is 25.3. The molecule has 0 aliphatic carbocycles. The van der Waals surface area contributed by atoms with Crippen LogP contribution in [0.15, 0.2) is 42.4 Å². The van der Waals surface area contributed by atoms with Crippen LogP contribution in [0.2, 0.25) is 10.0 Å². The van der Waals surface area contributed by atoms with E-state index >= 15 is 0 Å². The van der Waals surface area contributed by atoms with Crippen LogP contribution in [0.1, 0.15) is 37.4 Å². The van der Waals surface area contributed by atoms with Crippen molar-refractivity contribution in [3.05, 3.63) is 63.0 Å². The Morgan fingerprint density at radius 3 is 2.42 bits per heavy atom. The quantitative estimate of drug-likeness (QED) is 0.427. The third kappa shape index (κ3) is 5.64. The Balaban J connectivity index is 2.71. The van der Waals surface area contributed by atoms with Gasteiger partial charge in [-0.25, -0.2) is 9.78 Å². The van der Waals surface area contributed by atoms with Crippen LogP contribution in [0, 0.1) is 5.92 Å². The number of carbonyl (C=O) groups is 2. The summed E-state index contributed by atoms with van der Waals surface area (Å²) in [4.78, 5) is 30.6. The van der Waals surface area contributed by atoms with E-state index in [1.165, 1.54) is 24.4 Å². The molecule has 0 fully saturated rings. The maximum Gasteiger partial charge on any atom is 0.334 e. The lowest BCUT2D eigenvalue weighted by molar-refractivity contribution is -0.175. The molecule has 1 aromatic heterocycles. The molecular formula is C21H24Cl2N2O5S. The van der Waals surface area contributed by atoms with Crippen LogP contribution in [0.5, 0.6) is 0 Å². The van der Waals surface area contributed by atoms with Crippen LogP contribution in [-0.2, 0) is 24.6 Å². The zero-order valence-electron chi connectivity index (χ0n) is 17.3. The number of aliphatic hydroxyl groups excluding tert-OH is 1. The van der Waals surface area contributed by atoms with Gasteiger partial charge in [-0.2, -0.15) is 0 Å². The van der Waals surface area contributed by atoms with Gasteiger partial charge in [-0.1, -0.05) is 41.9 Å². The van der Waals surface area contributed by atoms with Crippen molar-refractivity contribution in [2.45, 2.75) is 38.0 Å². The van der Waals surface area contributed by atoms with Gasteiger partial charge in [0.25, 0.3) is 0 Å². The lowest BCUT2D eigenvalue weighted by Crippen LogP contribution is -2.58. The second-order valence-corrected chi connectivity index (χ2v) is 9.39. The maximum absolute atomic E-state index is 13.3. The van der Waals surface area contributed by atoms with E-state index in [1.54, 1.807) is 32.2 Å². The van der Waals surface area contributed by atoms with Gasteiger partial charge in [-0.15, -0.1) is 11.3 Å². The molecule has 2 aromatic rings. The highest BCUT2D eigenvalue weighted by Gasteiger charge is 2.56. The fourth-order valence-corrected chi connectivity index (χ4v) is 4.29. The molecule has 0 amide bonds. The summed E-state index contributed by atoms with van der Waals surface area (Å²) in [5.41, 5.74) is 3.48. The monoisotopic (exact) mass is 486 g/mol. The molecule has 1 heterocycles. The minimum absolute atomic E-state index is 0.0290. The van der Waals surface area contributed by atoms with E-state index in [0.717, 1.165) is 11.3 Å². The average Bonchev–Trinajstić information content (AvgIpc) is 3.20. The summed E-state index contributed by atoms with van der Waals surface area (Å²) in [6.45, 7) is 8.29. The first-order valence-electron chi connectivity index (χ1n) is 9.25. The van der Waals surface area contributed by atoms with Gasteiger partial charge >= 0.3 is 11.9 Å². The molecule has 0 aliphatic heterocycles. The number of halogens is 2. The molecule has 0 radical (unpaired) electrons. The molecule has 3 atom stereocenters. The topological polar surface area (TPSA) is 112 Å². The zero-order valence-corrected chi connectivity index (χ0v) is 19.6. The van der Waals surface area contributed by atoms with Crippen molar-refractivity contribution in [2.24, 2.45) is 11.7 Å². The largest absolute Gasteiger partial charge is 0.461 e. The molecule has 3 N–H and O–H groups in total. The molecule has 31 heavy (non-hydrogen) atoms. The normalized spacial score (nSPS) is 15.5. The van der Waals surface area contributed by atoms with Gasteiger partial charge < -0.3 is 20.3 Å². The molecule has 0 bridgehead atoms. The number of aromatic nitrogens is 1. The maximum atomic E-state index is 13.3. The van der Waals surface area contributed by atoms with Crippen molar-refractivity contribution in [2.75, 3.05) is 6.61 Å². The number of rotatable bonds is 8. The molecule has 7 nitrogen and oxygen atoms in total. The van der Waals surface area contributed by atoms with Crippen LogP contribution < -0.4 is 5.73 Å². The average molecular weight is 487 g/mol.